The maximum absolute atomic E-state index is 12.2. The number of hydrogen-bond acceptors (Lipinski definition) is 6. The zero-order valence-electron chi connectivity index (χ0n) is 13.3. The van der Waals surface area contributed by atoms with Gasteiger partial charge < -0.3 is 4.42 Å². The molecule has 4 rings (SSSR count). The molecule has 0 aliphatic heterocycles. The minimum Gasteiger partial charge on any atom is -0.422 e. The molecule has 7 heteroatoms. The lowest BCUT2D eigenvalue weighted by atomic mass is 10.1. The summed E-state index contributed by atoms with van der Waals surface area (Å²) in [7, 11) is 0. The number of fused-ring (bicyclic) bond motifs is 1. The number of para-hydroxylation sites is 1. The van der Waals surface area contributed by atoms with E-state index in [0.29, 0.717) is 22.0 Å². The summed E-state index contributed by atoms with van der Waals surface area (Å²) in [5.74, 6) is -0.273. The fourth-order valence-electron chi connectivity index (χ4n) is 2.39. The van der Waals surface area contributed by atoms with Gasteiger partial charge in [-0.1, -0.05) is 24.3 Å². The van der Waals surface area contributed by atoms with Crippen molar-refractivity contribution in [1.29, 1.82) is 0 Å². The predicted octanol–water partition coefficient (Wildman–Crippen LogP) is 4.63. The summed E-state index contributed by atoms with van der Waals surface area (Å²) >= 11 is 2.81. The van der Waals surface area contributed by atoms with Crippen molar-refractivity contribution in [3.05, 3.63) is 74.6 Å². The molecular weight excluding hydrogens is 368 g/mol. The van der Waals surface area contributed by atoms with Crippen molar-refractivity contribution in [3.8, 4) is 11.3 Å². The predicted molar refractivity (Wildman–Crippen MR) is 106 cm³/mol. The van der Waals surface area contributed by atoms with E-state index in [9.17, 15) is 9.59 Å². The van der Waals surface area contributed by atoms with Crippen LogP contribution in [0.5, 0.6) is 0 Å². The van der Waals surface area contributed by atoms with Crippen LogP contribution in [-0.4, -0.2) is 10.9 Å². The van der Waals surface area contributed by atoms with Gasteiger partial charge in [-0.3, -0.25) is 10.1 Å². The number of rotatable bonds is 4. The maximum atomic E-state index is 12.2. The smallest absolute Gasteiger partial charge is 0.345 e. The number of benzene rings is 1. The average molecular weight is 380 g/mol. The number of carbonyl (C=O) groups is 1. The molecule has 5 nitrogen and oxygen atoms in total. The van der Waals surface area contributed by atoms with Crippen LogP contribution in [0.15, 0.2) is 68.5 Å². The van der Waals surface area contributed by atoms with Crippen LogP contribution in [0, 0.1) is 0 Å². The van der Waals surface area contributed by atoms with Gasteiger partial charge in [-0.15, -0.1) is 22.7 Å². The fraction of sp³-hybridized carbons (Fsp3) is 0. The Bertz CT molecular complexity index is 1160. The number of nitrogens with one attached hydrogen (secondary N) is 1. The Morgan fingerprint density at radius 3 is 2.88 bits per heavy atom. The highest BCUT2D eigenvalue weighted by molar-refractivity contribution is 7.14. The molecule has 1 amide bonds. The van der Waals surface area contributed by atoms with Crippen LogP contribution in [0.3, 0.4) is 0 Å². The molecule has 0 bridgehead atoms. The third kappa shape index (κ3) is 3.49. The molecule has 3 aromatic heterocycles. The monoisotopic (exact) mass is 380 g/mol. The lowest BCUT2D eigenvalue weighted by Crippen LogP contribution is -2.07. The molecule has 0 radical (unpaired) electrons. The van der Waals surface area contributed by atoms with Crippen LogP contribution in [-0.2, 0) is 4.79 Å². The number of thiophene rings is 1. The first-order chi connectivity index (χ1) is 12.7. The van der Waals surface area contributed by atoms with E-state index in [2.05, 4.69) is 10.3 Å². The van der Waals surface area contributed by atoms with Crippen LogP contribution >= 0.6 is 22.7 Å². The van der Waals surface area contributed by atoms with Gasteiger partial charge in [0, 0.05) is 21.7 Å². The van der Waals surface area contributed by atoms with Crippen molar-refractivity contribution < 1.29 is 9.21 Å². The first-order valence-electron chi connectivity index (χ1n) is 7.70. The van der Waals surface area contributed by atoms with Crippen LogP contribution < -0.4 is 10.9 Å². The van der Waals surface area contributed by atoms with Crippen molar-refractivity contribution in [3.63, 3.8) is 0 Å². The van der Waals surface area contributed by atoms with Gasteiger partial charge >= 0.3 is 5.63 Å². The Morgan fingerprint density at radius 1 is 1.15 bits per heavy atom. The van der Waals surface area contributed by atoms with E-state index in [1.807, 2.05) is 35.7 Å². The van der Waals surface area contributed by atoms with Gasteiger partial charge in [-0.2, -0.15) is 0 Å². The molecule has 4 aromatic rings. The van der Waals surface area contributed by atoms with Gasteiger partial charge in [0.1, 0.15) is 5.58 Å². The number of carbonyl (C=O) groups excluding carboxylic acids is 1. The zero-order valence-corrected chi connectivity index (χ0v) is 15.0. The summed E-state index contributed by atoms with van der Waals surface area (Å²) in [6.45, 7) is 0. The molecule has 0 saturated carbocycles. The molecule has 1 N–H and O–H groups in total. The Kier molecular flexibility index (Phi) is 4.47. The summed E-state index contributed by atoms with van der Waals surface area (Å²) < 4.78 is 5.33. The minimum atomic E-state index is -0.454. The Labute approximate surface area is 156 Å². The highest BCUT2D eigenvalue weighted by atomic mass is 32.1. The quantitative estimate of drug-likeness (QED) is 0.414. The number of anilines is 1. The molecule has 3 heterocycles. The van der Waals surface area contributed by atoms with Crippen LogP contribution in [0.4, 0.5) is 5.13 Å². The second-order valence-corrected chi connectivity index (χ2v) is 7.20. The van der Waals surface area contributed by atoms with Gasteiger partial charge in [-0.05, 0) is 29.7 Å². The van der Waals surface area contributed by atoms with Crippen LogP contribution in [0.2, 0.25) is 0 Å². The highest BCUT2D eigenvalue weighted by Gasteiger charge is 2.12. The van der Waals surface area contributed by atoms with Gasteiger partial charge in [0.05, 0.1) is 11.3 Å². The second-order valence-electron chi connectivity index (χ2n) is 5.36. The Hall–Kier alpha value is -3.03. The van der Waals surface area contributed by atoms with Crippen molar-refractivity contribution in [2.75, 3.05) is 5.32 Å². The van der Waals surface area contributed by atoms with Crippen molar-refractivity contribution in [2.24, 2.45) is 0 Å². The van der Waals surface area contributed by atoms with Gasteiger partial charge in [0.15, 0.2) is 5.13 Å². The average Bonchev–Trinajstić information content (AvgIpc) is 3.31. The number of aromatic nitrogens is 1. The molecule has 0 spiro atoms. The fourth-order valence-corrected chi connectivity index (χ4v) is 3.72. The standard InChI is InChI=1S/C19H12N2O3S2/c22-17(8-7-13-5-3-9-25-13)21-19-20-15(11-26-19)14-10-12-4-1-2-6-16(12)24-18(14)23/h1-11H,(H,20,21,22)/b8-7+. The molecule has 128 valence electrons. The van der Waals surface area contributed by atoms with Crippen LogP contribution in [0.1, 0.15) is 4.88 Å². The first kappa shape index (κ1) is 16.4. The largest absolute Gasteiger partial charge is 0.422 e. The topological polar surface area (TPSA) is 72.2 Å². The van der Waals surface area contributed by atoms with Crippen molar-refractivity contribution in [2.45, 2.75) is 0 Å². The summed E-state index contributed by atoms with van der Waals surface area (Å²) in [6, 6.07) is 12.9. The second kappa shape index (κ2) is 7.07. The molecule has 0 aliphatic carbocycles. The molecule has 0 unspecified atom stereocenters. The van der Waals surface area contributed by atoms with E-state index in [0.717, 1.165) is 10.3 Å². The lowest BCUT2D eigenvalue weighted by Gasteiger charge is -1.99. The van der Waals surface area contributed by atoms with Gasteiger partial charge in [0.25, 0.3) is 0 Å². The number of thiazole rings is 1. The molecular formula is C19H12N2O3S2. The summed E-state index contributed by atoms with van der Waals surface area (Å²) in [5, 5.41) is 7.61. The molecule has 0 saturated heterocycles. The number of nitrogens with zero attached hydrogens (tertiary/aromatic N) is 1. The number of amides is 1. The Balaban J connectivity index is 1.55. The van der Waals surface area contributed by atoms with E-state index in [1.54, 1.807) is 34.9 Å². The van der Waals surface area contributed by atoms with Crippen molar-refractivity contribution in [1.82, 2.24) is 4.98 Å². The van der Waals surface area contributed by atoms with E-state index in [-0.39, 0.29) is 5.91 Å². The normalized spacial score (nSPS) is 11.2. The van der Waals surface area contributed by atoms with E-state index < -0.39 is 5.63 Å². The first-order valence-corrected chi connectivity index (χ1v) is 9.46. The SMILES string of the molecule is O=C(/C=C/c1cccs1)Nc1nc(-c2cc3ccccc3oc2=O)cs1. The molecule has 1 aromatic carbocycles. The van der Waals surface area contributed by atoms with E-state index >= 15 is 0 Å². The summed E-state index contributed by atoms with van der Waals surface area (Å²) in [4.78, 5) is 29.5. The molecule has 26 heavy (non-hydrogen) atoms. The zero-order chi connectivity index (χ0) is 17.9. The third-order valence-corrected chi connectivity index (χ3v) is 5.19. The number of hydrogen-bond donors (Lipinski definition) is 1. The molecule has 0 atom stereocenters. The molecule has 0 aliphatic rings. The highest BCUT2D eigenvalue weighted by Crippen LogP contribution is 2.25. The maximum Gasteiger partial charge on any atom is 0.345 e. The van der Waals surface area contributed by atoms with E-state index in [4.69, 9.17) is 4.42 Å². The van der Waals surface area contributed by atoms with Gasteiger partial charge in [-0.25, -0.2) is 9.78 Å². The van der Waals surface area contributed by atoms with Crippen molar-refractivity contribution >= 4 is 50.8 Å². The Morgan fingerprint density at radius 2 is 2.04 bits per heavy atom. The lowest BCUT2D eigenvalue weighted by molar-refractivity contribution is -0.111. The van der Waals surface area contributed by atoms with Gasteiger partial charge in [0.2, 0.25) is 5.91 Å². The third-order valence-electron chi connectivity index (χ3n) is 3.59. The van der Waals surface area contributed by atoms with Crippen LogP contribution in [0.25, 0.3) is 28.3 Å². The summed E-state index contributed by atoms with van der Waals surface area (Å²) in [5.41, 5.74) is 0.926. The molecule has 0 fully saturated rings. The summed E-state index contributed by atoms with van der Waals surface area (Å²) in [6.07, 6.45) is 3.20. The van der Waals surface area contributed by atoms with E-state index in [1.165, 1.54) is 17.4 Å². The minimum absolute atomic E-state index is 0.273.